The van der Waals surface area contributed by atoms with Crippen molar-refractivity contribution in [1.29, 1.82) is 0 Å². The highest BCUT2D eigenvalue weighted by Gasteiger charge is 2.33. The number of carbonyl (C=O) groups excluding carboxylic acids is 1. The van der Waals surface area contributed by atoms with Gasteiger partial charge in [0.15, 0.2) is 0 Å². The van der Waals surface area contributed by atoms with E-state index in [2.05, 4.69) is 10.2 Å². The Bertz CT molecular complexity index is 1010. The molecular weight excluding hydrogens is 388 g/mol. The van der Waals surface area contributed by atoms with E-state index in [0.29, 0.717) is 5.75 Å². The monoisotopic (exact) mass is 408 g/mol. The number of nitrogens with zero attached hydrogens (tertiary/aromatic N) is 3. The van der Waals surface area contributed by atoms with Gasteiger partial charge in [0.05, 0.1) is 14.2 Å². The van der Waals surface area contributed by atoms with Crippen molar-refractivity contribution in [1.82, 2.24) is 19.4 Å². The molecule has 0 spiro atoms. The zero-order chi connectivity index (χ0) is 20.3. The van der Waals surface area contributed by atoms with Gasteiger partial charge in [-0.3, -0.25) is 9.59 Å². The second-order valence-corrected chi connectivity index (χ2v) is 7.93. The first-order chi connectivity index (χ1) is 13.4. The number of ether oxygens (including phenoxy) is 2. The molecule has 11 heteroatoms. The van der Waals surface area contributed by atoms with Gasteiger partial charge in [-0.2, -0.15) is 9.40 Å². The molecule has 1 N–H and O–H groups in total. The molecule has 0 saturated carbocycles. The number of H-pyrrole nitrogens is 1. The summed E-state index contributed by atoms with van der Waals surface area (Å²) in [4.78, 5) is 25.0. The van der Waals surface area contributed by atoms with E-state index >= 15 is 0 Å². The number of nitrogens with one attached hydrogen (secondary N) is 1. The first kappa shape index (κ1) is 19.8. The van der Waals surface area contributed by atoms with E-state index in [1.807, 2.05) is 0 Å². The van der Waals surface area contributed by atoms with Crippen molar-refractivity contribution in [3.05, 3.63) is 46.4 Å². The van der Waals surface area contributed by atoms with Crippen LogP contribution in [0.3, 0.4) is 0 Å². The van der Waals surface area contributed by atoms with E-state index < -0.39 is 15.6 Å². The largest absolute Gasteiger partial charge is 0.497 e. The van der Waals surface area contributed by atoms with Gasteiger partial charge in [0, 0.05) is 38.3 Å². The van der Waals surface area contributed by atoms with Crippen LogP contribution in [0.5, 0.6) is 11.5 Å². The maximum absolute atomic E-state index is 13.1. The number of hydrogen-bond acceptors (Lipinski definition) is 7. The summed E-state index contributed by atoms with van der Waals surface area (Å²) in [5.74, 6) is 0.251. The van der Waals surface area contributed by atoms with Gasteiger partial charge in [0.2, 0.25) is 10.0 Å². The molecule has 0 aliphatic carbocycles. The van der Waals surface area contributed by atoms with Crippen LogP contribution in [0.2, 0.25) is 0 Å². The fourth-order valence-corrected chi connectivity index (χ4v) is 4.47. The molecule has 150 valence electrons. The summed E-state index contributed by atoms with van der Waals surface area (Å²) in [7, 11) is -0.980. The quantitative estimate of drug-likeness (QED) is 0.735. The second kappa shape index (κ2) is 7.98. The fourth-order valence-electron chi connectivity index (χ4n) is 2.88. The number of sulfonamides is 1. The zero-order valence-corrected chi connectivity index (χ0v) is 16.2. The molecule has 2 aromatic rings. The third kappa shape index (κ3) is 3.85. The summed E-state index contributed by atoms with van der Waals surface area (Å²) in [6.45, 7) is 0.645. The molecule has 0 bridgehead atoms. The Morgan fingerprint density at radius 1 is 1.07 bits per heavy atom. The van der Waals surface area contributed by atoms with Gasteiger partial charge in [-0.15, -0.1) is 0 Å². The number of methoxy groups -OCH3 is 2. The topological polar surface area (TPSA) is 122 Å². The highest BCUT2D eigenvalue weighted by molar-refractivity contribution is 7.89. The Kier molecular flexibility index (Phi) is 5.66. The van der Waals surface area contributed by atoms with Crippen molar-refractivity contribution in [3.63, 3.8) is 0 Å². The molecule has 1 saturated heterocycles. The molecule has 3 rings (SSSR count). The van der Waals surface area contributed by atoms with Crippen molar-refractivity contribution in [2.45, 2.75) is 4.90 Å². The molecule has 1 aliphatic heterocycles. The molecule has 1 fully saturated rings. The van der Waals surface area contributed by atoms with Crippen LogP contribution in [0.4, 0.5) is 0 Å². The van der Waals surface area contributed by atoms with Gasteiger partial charge < -0.3 is 14.4 Å². The maximum atomic E-state index is 13.1. The number of benzene rings is 1. The number of aromatic nitrogens is 2. The minimum atomic E-state index is -3.83. The lowest BCUT2D eigenvalue weighted by molar-refractivity contribution is 0.0690. The van der Waals surface area contributed by atoms with Crippen LogP contribution < -0.4 is 15.0 Å². The average Bonchev–Trinajstić information content (AvgIpc) is 2.73. The number of aromatic amines is 1. The SMILES string of the molecule is COc1ccc(OC)c(S(=O)(=O)N2CCN(C(=O)c3ccc(=O)[nH]n3)CC2)c1. The second-order valence-electron chi connectivity index (χ2n) is 6.02. The maximum Gasteiger partial charge on any atom is 0.274 e. The Labute approximate surface area is 161 Å². The van der Waals surface area contributed by atoms with Gasteiger partial charge in [0.25, 0.3) is 11.5 Å². The van der Waals surface area contributed by atoms with Crippen molar-refractivity contribution in [2.24, 2.45) is 0 Å². The Morgan fingerprint density at radius 2 is 1.79 bits per heavy atom. The number of amides is 1. The van der Waals surface area contributed by atoms with Crippen LogP contribution in [0.15, 0.2) is 40.0 Å². The van der Waals surface area contributed by atoms with Gasteiger partial charge in [0.1, 0.15) is 22.1 Å². The lowest BCUT2D eigenvalue weighted by Gasteiger charge is -2.34. The number of carbonyl (C=O) groups is 1. The first-order valence-corrected chi connectivity index (χ1v) is 9.88. The predicted octanol–water partition coefficient (Wildman–Crippen LogP) is -0.0662. The summed E-state index contributed by atoms with van der Waals surface area (Å²) >= 11 is 0. The number of rotatable bonds is 5. The van der Waals surface area contributed by atoms with Crippen molar-refractivity contribution in [2.75, 3.05) is 40.4 Å². The zero-order valence-electron chi connectivity index (χ0n) is 15.4. The molecule has 2 heterocycles. The summed E-state index contributed by atoms with van der Waals surface area (Å²) in [5, 5.41) is 5.93. The Balaban J connectivity index is 1.76. The Morgan fingerprint density at radius 3 is 2.36 bits per heavy atom. The van der Waals surface area contributed by atoms with Gasteiger partial charge in [-0.25, -0.2) is 13.5 Å². The lowest BCUT2D eigenvalue weighted by atomic mass is 10.3. The van der Waals surface area contributed by atoms with E-state index in [1.54, 1.807) is 6.07 Å². The Hall–Kier alpha value is -2.92. The number of piperazine rings is 1. The molecule has 0 radical (unpaired) electrons. The summed E-state index contributed by atoms with van der Waals surface area (Å²) in [6.07, 6.45) is 0. The molecular formula is C17H20N4O6S. The third-order valence-corrected chi connectivity index (χ3v) is 6.33. The van der Waals surface area contributed by atoms with Crippen molar-refractivity contribution in [3.8, 4) is 11.5 Å². The molecule has 0 atom stereocenters. The molecule has 1 aliphatic rings. The van der Waals surface area contributed by atoms with Crippen molar-refractivity contribution >= 4 is 15.9 Å². The van der Waals surface area contributed by atoms with E-state index in [1.165, 1.54) is 47.7 Å². The van der Waals surface area contributed by atoms with Crippen LogP contribution >= 0.6 is 0 Å². The smallest absolute Gasteiger partial charge is 0.274 e. The van der Waals surface area contributed by atoms with E-state index in [4.69, 9.17) is 9.47 Å². The average molecular weight is 408 g/mol. The number of hydrogen-bond donors (Lipinski definition) is 1. The molecule has 1 aromatic heterocycles. The minimum absolute atomic E-state index is 0.0106. The molecule has 28 heavy (non-hydrogen) atoms. The third-order valence-electron chi connectivity index (χ3n) is 4.41. The summed E-state index contributed by atoms with van der Waals surface area (Å²) in [5.41, 5.74) is -0.301. The minimum Gasteiger partial charge on any atom is -0.497 e. The normalized spacial score (nSPS) is 15.3. The van der Waals surface area contributed by atoms with Gasteiger partial charge in [-0.05, 0) is 18.2 Å². The molecule has 1 amide bonds. The van der Waals surface area contributed by atoms with E-state index in [0.717, 1.165) is 0 Å². The molecule has 0 unspecified atom stereocenters. The van der Waals surface area contributed by atoms with E-state index in [9.17, 15) is 18.0 Å². The van der Waals surface area contributed by atoms with Crippen LogP contribution in [-0.4, -0.2) is 74.1 Å². The highest BCUT2D eigenvalue weighted by atomic mass is 32.2. The van der Waals surface area contributed by atoms with Crippen LogP contribution in [0.1, 0.15) is 10.5 Å². The van der Waals surface area contributed by atoms with Crippen molar-refractivity contribution < 1.29 is 22.7 Å². The van der Waals surface area contributed by atoms with Crippen LogP contribution in [-0.2, 0) is 10.0 Å². The standard InChI is InChI=1S/C17H20N4O6S/c1-26-12-3-5-14(27-2)15(11-12)28(24,25)21-9-7-20(8-10-21)17(23)13-4-6-16(22)19-18-13/h3-6,11H,7-10H2,1-2H3,(H,19,22). The predicted molar refractivity (Wildman–Crippen MR) is 99.1 cm³/mol. The summed E-state index contributed by atoms with van der Waals surface area (Å²) in [6, 6.07) is 7.12. The summed E-state index contributed by atoms with van der Waals surface area (Å²) < 4.78 is 37.7. The molecule has 1 aromatic carbocycles. The van der Waals surface area contributed by atoms with E-state index in [-0.39, 0.29) is 48.4 Å². The molecule has 10 nitrogen and oxygen atoms in total. The van der Waals surface area contributed by atoms with Crippen LogP contribution in [0.25, 0.3) is 0 Å². The fraction of sp³-hybridized carbons (Fsp3) is 0.353. The van der Waals surface area contributed by atoms with Gasteiger partial charge >= 0.3 is 0 Å². The van der Waals surface area contributed by atoms with Crippen LogP contribution in [0, 0.1) is 0 Å². The van der Waals surface area contributed by atoms with Gasteiger partial charge in [-0.1, -0.05) is 0 Å². The first-order valence-electron chi connectivity index (χ1n) is 8.44. The lowest BCUT2D eigenvalue weighted by Crippen LogP contribution is -2.50. The highest BCUT2D eigenvalue weighted by Crippen LogP contribution is 2.31.